The van der Waals surface area contributed by atoms with Gasteiger partial charge in [0.15, 0.2) is 0 Å². The third kappa shape index (κ3) is 3.61. The van der Waals surface area contributed by atoms with Gasteiger partial charge in [0.1, 0.15) is 0 Å². The van der Waals surface area contributed by atoms with Crippen LogP contribution in [0.2, 0.25) is 0 Å². The molecule has 6 nitrogen and oxygen atoms in total. The van der Waals surface area contributed by atoms with E-state index < -0.39 is 5.97 Å². The second-order valence-corrected chi connectivity index (χ2v) is 4.40. The summed E-state index contributed by atoms with van der Waals surface area (Å²) < 4.78 is 5.11. The van der Waals surface area contributed by atoms with Crippen molar-refractivity contribution in [1.29, 1.82) is 0 Å². The Balaban J connectivity index is 2.09. The van der Waals surface area contributed by atoms with Crippen molar-refractivity contribution in [2.24, 2.45) is 0 Å². The predicted molar refractivity (Wildman–Crippen MR) is 67.6 cm³/mol. The van der Waals surface area contributed by atoms with Crippen LogP contribution in [0.5, 0.6) is 0 Å². The van der Waals surface area contributed by atoms with Gasteiger partial charge in [-0.3, -0.25) is 9.78 Å². The summed E-state index contributed by atoms with van der Waals surface area (Å²) in [5.74, 6) is 0.155. The molecule has 0 unspecified atom stereocenters. The Bertz CT molecular complexity index is 572. The van der Waals surface area contributed by atoms with Gasteiger partial charge in [0.05, 0.1) is 0 Å². The Morgan fingerprint density at radius 2 is 1.95 bits per heavy atom. The minimum Gasteiger partial charge on any atom is -0.481 e. The predicted octanol–water partition coefficient (Wildman–Crippen LogP) is 2.16. The molecule has 2 aromatic rings. The topological polar surface area (TPSA) is 89.1 Å². The molecule has 0 saturated carbocycles. The lowest BCUT2D eigenvalue weighted by Gasteiger charge is -1.98. The van der Waals surface area contributed by atoms with Crippen LogP contribution in [0.15, 0.2) is 16.7 Å². The van der Waals surface area contributed by atoms with Gasteiger partial charge in [-0.1, -0.05) is 5.16 Å². The van der Waals surface area contributed by atoms with E-state index in [0.717, 1.165) is 17.0 Å². The summed E-state index contributed by atoms with van der Waals surface area (Å²) in [6.45, 7) is 3.81. The highest BCUT2D eigenvalue weighted by atomic mass is 16.5. The second kappa shape index (κ2) is 5.60. The summed E-state index contributed by atoms with van der Waals surface area (Å²) in [5, 5.41) is 12.5. The molecule has 0 aliphatic heterocycles. The van der Waals surface area contributed by atoms with E-state index in [0.29, 0.717) is 24.6 Å². The third-order valence-corrected chi connectivity index (χ3v) is 2.59. The SMILES string of the molecule is Cc1cc(-c2noc(CCCC(=O)O)n2)cc(C)n1. The van der Waals surface area contributed by atoms with E-state index in [2.05, 4.69) is 15.1 Å². The number of nitrogens with zero attached hydrogens (tertiary/aromatic N) is 3. The second-order valence-electron chi connectivity index (χ2n) is 4.40. The molecule has 2 heterocycles. The Kier molecular flexibility index (Phi) is 3.89. The highest BCUT2D eigenvalue weighted by Crippen LogP contribution is 2.18. The van der Waals surface area contributed by atoms with E-state index in [1.807, 2.05) is 26.0 Å². The maximum atomic E-state index is 10.4. The van der Waals surface area contributed by atoms with Gasteiger partial charge in [0, 0.05) is 29.8 Å². The Labute approximate surface area is 110 Å². The fourth-order valence-electron chi connectivity index (χ4n) is 1.83. The molecule has 0 amide bonds. The van der Waals surface area contributed by atoms with Crippen LogP contribution in [0.3, 0.4) is 0 Å². The molecule has 0 aromatic carbocycles. The smallest absolute Gasteiger partial charge is 0.303 e. The zero-order valence-electron chi connectivity index (χ0n) is 10.9. The zero-order valence-corrected chi connectivity index (χ0v) is 10.9. The first-order valence-corrected chi connectivity index (χ1v) is 6.04. The van der Waals surface area contributed by atoms with Crippen LogP contribution in [0.25, 0.3) is 11.4 Å². The van der Waals surface area contributed by atoms with Crippen LogP contribution >= 0.6 is 0 Å². The zero-order chi connectivity index (χ0) is 13.8. The molecule has 1 N–H and O–H groups in total. The van der Waals surface area contributed by atoms with Crippen molar-refractivity contribution in [3.63, 3.8) is 0 Å². The van der Waals surface area contributed by atoms with Gasteiger partial charge in [0.2, 0.25) is 11.7 Å². The van der Waals surface area contributed by atoms with Crippen molar-refractivity contribution in [1.82, 2.24) is 15.1 Å². The van der Waals surface area contributed by atoms with Gasteiger partial charge in [0.25, 0.3) is 0 Å². The number of pyridine rings is 1. The fraction of sp³-hybridized carbons (Fsp3) is 0.385. The molecule has 0 radical (unpaired) electrons. The van der Waals surface area contributed by atoms with E-state index >= 15 is 0 Å². The van der Waals surface area contributed by atoms with Crippen molar-refractivity contribution in [3.8, 4) is 11.4 Å². The highest BCUT2D eigenvalue weighted by molar-refractivity contribution is 5.66. The van der Waals surface area contributed by atoms with E-state index in [-0.39, 0.29) is 6.42 Å². The van der Waals surface area contributed by atoms with Gasteiger partial charge in [-0.25, -0.2) is 0 Å². The number of rotatable bonds is 5. The van der Waals surface area contributed by atoms with Crippen molar-refractivity contribution in [3.05, 3.63) is 29.4 Å². The summed E-state index contributed by atoms with van der Waals surface area (Å²) >= 11 is 0. The monoisotopic (exact) mass is 261 g/mol. The number of aliphatic carboxylic acids is 1. The van der Waals surface area contributed by atoms with Crippen LogP contribution in [-0.4, -0.2) is 26.2 Å². The van der Waals surface area contributed by atoms with Gasteiger partial charge < -0.3 is 9.63 Å². The quantitative estimate of drug-likeness (QED) is 0.887. The molecule has 100 valence electrons. The van der Waals surface area contributed by atoms with Crippen molar-refractivity contribution in [2.75, 3.05) is 0 Å². The van der Waals surface area contributed by atoms with Crippen LogP contribution in [0.1, 0.15) is 30.1 Å². The molecule has 6 heteroatoms. The van der Waals surface area contributed by atoms with Gasteiger partial charge in [-0.05, 0) is 32.4 Å². The van der Waals surface area contributed by atoms with E-state index in [9.17, 15) is 4.79 Å². The Morgan fingerprint density at radius 1 is 1.26 bits per heavy atom. The average molecular weight is 261 g/mol. The van der Waals surface area contributed by atoms with Gasteiger partial charge in [-0.15, -0.1) is 0 Å². The molecular weight excluding hydrogens is 246 g/mol. The van der Waals surface area contributed by atoms with Crippen molar-refractivity contribution >= 4 is 5.97 Å². The first-order valence-electron chi connectivity index (χ1n) is 6.04. The van der Waals surface area contributed by atoms with E-state index in [1.54, 1.807) is 0 Å². The lowest BCUT2D eigenvalue weighted by molar-refractivity contribution is -0.137. The lowest BCUT2D eigenvalue weighted by atomic mass is 10.2. The van der Waals surface area contributed by atoms with Crippen LogP contribution in [-0.2, 0) is 11.2 Å². The molecule has 0 aliphatic carbocycles. The number of carboxylic acid groups (broad SMARTS) is 1. The van der Waals surface area contributed by atoms with Gasteiger partial charge in [-0.2, -0.15) is 4.98 Å². The standard InChI is InChI=1S/C13H15N3O3/c1-8-6-10(7-9(2)14-8)13-15-11(19-16-13)4-3-5-12(17)18/h6-7H,3-5H2,1-2H3,(H,17,18). The average Bonchev–Trinajstić information content (AvgIpc) is 2.76. The maximum absolute atomic E-state index is 10.4. The molecule has 19 heavy (non-hydrogen) atoms. The van der Waals surface area contributed by atoms with E-state index in [4.69, 9.17) is 9.63 Å². The summed E-state index contributed by atoms with van der Waals surface area (Å²) in [6, 6.07) is 3.78. The fourth-order valence-corrected chi connectivity index (χ4v) is 1.83. The number of aromatic nitrogens is 3. The molecule has 0 fully saturated rings. The Morgan fingerprint density at radius 3 is 2.58 bits per heavy atom. The number of hydrogen-bond donors (Lipinski definition) is 1. The number of aryl methyl sites for hydroxylation is 3. The number of hydrogen-bond acceptors (Lipinski definition) is 5. The summed E-state index contributed by atoms with van der Waals surface area (Å²) in [6.07, 6.45) is 1.07. The van der Waals surface area contributed by atoms with Crippen LogP contribution in [0, 0.1) is 13.8 Å². The van der Waals surface area contributed by atoms with E-state index in [1.165, 1.54) is 0 Å². The largest absolute Gasteiger partial charge is 0.481 e. The minimum atomic E-state index is -0.819. The molecule has 2 rings (SSSR count). The number of carbonyl (C=O) groups is 1. The van der Waals surface area contributed by atoms with Crippen LogP contribution < -0.4 is 0 Å². The molecule has 2 aromatic heterocycles. The highest BCUT2D eigenvalue weighted by Gasteiger charge is 2.10. The van der Waals surface area contributed by atoms with Crippen LogP contribution in [0.4, 0.5) is 0 Å². The molecular formula is C13H15N3O3. The first kappa shape index (κ1) is 13.2. The first-order chi connectivity index (χ1) is 9.04. The summed E-state index contributed by atoms with van der Waals surface area (Å²) in [5.41, 5.74) is 2.65. The Hall–Kier alpha value is -2.24. The molecule has 0 spiro atoms. The molecule has 0 bridgehead atoms. The molecule has 0 saturated heterocycles. The third-order valence-electron chi connectivity index (χ3n) is 2.59. The lowest BCUT2D eigenvalue weighted by Crippen LogP contribution is -1.96. The van der Waals surface area contributed by atoms with Crippen molar-refractivity contribution in [2.45, 2.75) is 33.1 Å². The molecule has 0 atom stereocenters. The summed E-state index contributed by atoms with van der Waals surface area (Å²) in [7, 11) is 0. The number of carboxylic acids is 1. The molecule has 0 aliphatic rings. The summed E-state index contributed by atoms with van der Waals surface area (Å²) in [4.78, 5) is 19.0. The van der Waals surface area contributed by atoms with Gasteiger partial charge >= 0.3 is 5.97 Å². The maximum Gasteiger partial charge on any atom is 0.303 e. The minimum absolute atomic E-state index is 0.102. The normalized spacial score (nSPS) is 10.6. The van der Waals surface area contributed by atoms with Crippen molar-refractivity contribution < 1.29 is 14.4 Å².